The van der Waals surface area contributed by atoms with Gasteiger partial charge in [-0.05, 0) is 51.8 Å². The molecular weight excluding hydrogens is 358 g/mol. The molecule has 2 rings (SSSR count). The number of carbonyl (C=O) groups is 2. The number of nitrogens with one attached hydrogen (secondary N) is 1. The van der Waals surface area contributed by atoms with E-state index in [0.29, 0.717) is 26.3 Å². The smallest absolute Gasteiger partial charge is 0.307 e. The third-order valence-corrected chi connectivity index (χ3v) is 3.94. The highest BCUT2D eigenvalue weighted by molar-refractivity contribution is 9.10. The number of rotatable bonds is 4. The minimum atomic E-state index is -0.917. The van der Waals surface area contributed by atoms with Crippen LogP contribution in [0.25, 0.3) is 0 Å². The first-order valence-corrected chi connectivity index (χ1v) is 7.20. The molecule has 6 heteroatoms. The number of anilines is 1. The molecule has 0 saturated carbocycles. The van der Waals surface area contributed by atoms with Crippen molar-refractivity contribution in [1.82, 2.24) is 0 Å². The van der Waals surface area contributed by atoms with Crippen LogP contribution in [0.15, 0.2) is 46.9 Å². The largest absolute Gasteiger partial charge is 0.481 e. The predicted molar refractivity (Wildman–Crippen MR) is 84.9 cm³/mol. The average Bonchev–Trinajstić information content (AvgIpc) is 2.41. The number of carboxylic acids is 1. The van der Waals surface area contributed by atoms with Gasteiger partial charge in [0.15, 0.2) is 0 Å². The van der Waals surface area contributed by atoms with Crippen molar-refractivity contribution in [2.45, 2.75) is 6.42 Å². The molecule has 0 heterocycles. The number of carbonyl (C=O) groups excluding carboxylic acids is 1. The Labute approximate surface area is 134 Å². The predicted octanol–water partition coefficient (Wildman–Crippen LogP) is 3.98. The fraction of sp³-hybridized carbons (Fsp3) is 0.0667. The van der Waals surface area contributed by atoms with E-state index < -0.39 is 5.97 Å². The fourth-order valence-corrected chi connectivity index (χ4v) is 2.27. The topological polar surface area (TPSA) is 66.4 Å². The lowest BCUT2D eigenvalue weighted by atomic mass is 10.1. The van der Waals surface area contributed by atoms with Gasteiger partial charge in [-0.15, -0.1) is 0 Å². The molecule has 1 amide bonds. The quantitative estimate of drug-likeness (QED) is 0.858. The summed E-state index contributed by atoms with van der Waals surface area (Å²) in [5.41, 5.74) is 1.62. The lowest BCUT2D eigenvalue weighted by molar-refractivity contribution is -0.136. The first kappa shape index (κ1) is 15.5. The van der Waals surface area contributed by atoms with Crippen molar-refractivity contribution < 1.29 is 14.7 Å². The Morgan fingerprint density at radius 3 is 2.62 bits per heavy atom. The zero-order valence-electron chi connectivity index (χ0n) is 10.8. The summed E-state index contributed by atoms with van der Waals surface area (Å²) in [5.74, 6) is -1.21. The molecule has 0 spiro atoms. The van der Waals surface area contributed by atoms with Gasteiger partial charge >= 0.3 is 5.97 Å². The van der Waals surface area contributed by atoms with Crippen LogP contribution in [0, 0.1) is 0 Å². The van der Waals surface area contributed by atoms with Crippen LogP contribution in [0.4, 0.5) is 5.69 Å². The Kier molecular flexibility index (Phi) is 4.98. The molecule has 0 bridgehead atoms. The molecule has 0 radical (unpaired) electrons. The summed E-state index contributed by atoms with van der Waals surface area (Å²) in [6.45, 7) is 0. The number of hydrogen-bond acceptors (Lipinski definition) is 2. The van der Waals surface area contributed by atoms with Gasteiger partial charge in [0.05, 0.1) is 11.4 Å². The highest BCUT2D eigenvalue weighted by Gasteiger charge is 2.09. The second-order valence-corrected chi connectivity index (χ2v) is 5.62. The molecule has 0 aliphatic heterocycles. The fourth-order valence-electron chi connectivity index (χ4n) is 1.77. The molecule has 0 aromatic heterocycles. The van der Waals surface area contributed by atoms with E-state index in [2.05, 4.69) is 21.2 Å². The van der Waals surface area contributed by atoms with Crippen LogP contribution < -0.4 is 5.32 Å². The molecule has 0 aliphatic carbocycles. The summed E-state index contributed by atoms with van der Waals surface area (Å²) in [5, 5.41) is 12.0. The molecule has 0 unspecified atom stereocenters. The Hall–Kier alpha value is -1.85. The van der Waals surface area contributed by atoms with E-state index in [4.69, 9.17) is 16.7 Å². The number of halogens is 2. The van der Waals surface area contributed by atoms with Crippen molar-refractivity contribution in [2.24, 2.45) is 0 Å². The highest BCUT2D eigenvalue weighted by atomic mass is 79.9. The summed E-state index contributed by atoms with van der Waals surface area (Å²) in [4.78, 5) is 22.8. The van der Waals surface area contributed by atoms with E-state index in [1.54, 1.807) is 42.5 Å². The van der Waals surface area contributed by atoms with Crippen molar-refractivity contribution in [2.75, 3.05) is 5.32 Å². The molecule has 2 aromatic rings. The third kappa shape index (κ3) is 4.31. The molecule has 2 aromatic carbocycles. The van der Waals surface area contributed by atoms with Crippen LogP contribution in [-0.2, 0) is 11.2 Å². The standard InChI is InChI=1S/C15H11BrClNO3/c16-12-8-10(4-5-13(12)17)15(21)18-11-3-1-2-9(6-11)7-14(19)20/h1-6,8H,7H2,(H,18,21)(H,19,20). The van der Waals surface area contributed by atoms with Gasteiger partial charge in [-0.3, -0.25) is 9.59 Å². The van der Waals surface area contributed by atoms with Crippen LogP contribution in [0.1, 0.15) is 15.9 Å². The van der Waals surface area contributed by atoms with Crippen LogP contribution in [0.5, 0.6) is 0 Å². The minimum Gasteiger partial charge on any atom is -0.481 e. The summed E-state index contributed by atoms with van der Waals surface area (Å²) in [6.07, 6.45) is -0.0871. The van der Waals surface area contributed by atoms with Gasteiger partial charge < -0.3 is 10.4 Å². The number of aliphatic carboxylic acids is 1. The average molecular weight is 369 g/mol. The van der Waals surface area contributed by atoms with Gasteiger partial charge in [-0.2, -0.15) is 0 Å². The van der Waals surface area contributed by atoms with Gasteiger partial charge in [0, 0.05) is 15.7 Å². The number of amides is 1. The zero-order chi connectivity index (χ0) is 15.4. The lowest BCUT2D eigenvalue weighted by Gasteiger charge is -2.07. The van der Waals surface area contributed by atoms with Crippen LogP contribution in [0.2, 0.25) is 5.02 Å². The number of carboxylic acid groups (broad SMARTS) is 1. The Bertz CT molecular complexity index is 703. The van der Waals surface area contributed by atoms with Crippen LogP contribution in [-0.4, -0.2) is 17.0 Å². The summed E-state index contributed by atoms with van der Waals surface area (Å²) in [7, 11) is 0. The van der Waals surface area contributed by atoms with Crippen molar-refractivity contribution in [3.8, 4) is 0 Å². The first-order chi connectivity index (χ1) is 9.95. The van der Waals surface area contributed by atoms with Crippen molar-refractivity contribution in [3.63, 3.8) is 0 Å². The molecule has 0 aliphatic rings. The molecule has 4 nitrogen and oxygen atoms in total. The second-order valence-electron chi connectivity index (χ2n) is 4.35. The van der Waals surface area contributed by atoms with Crippen molar-refractivity contribution in [3.05, 3.63) is 63.1 Å². The highest BCUT2D eigenvalue weighted by Crippen LogP contribution is 2.23. The number of hydrogen-bond donors (Lipinski definition) is 2. The van der Waals surface area contributed by atoms with E-state index in [0.717, 1.165) is 0 Å². The normalized spacial score (nSPS) is 10.2. The van der Waals surface area contributed by atoms with E-state index in [-0.39, 0.29) is 12.3 Å². The minimum absolute atomic E-state index is 0.0871. The third-order valence-electron chi connectivity index (χ3n) is 2.72. The summed E-state index contributed by atoms with van der Waals surface area (Å²) >= 11 is 9.14. The monoisotopic (exact) mass is 367 g/mol. The van der Waals surface area contributed by atoms with E-state index in [9.17, 15) is 9.59 Å². The van der Waals surface area contributed by atoms with Gasteiger partial charge in [-0.1, -0.05) is 23.7 Å². The Morgan fingerprint density at radius 1 is 1.19 bits per heavy atom. The van der Waals surface area contributed by atoms with Gasteiger partial charge in [0.1, 0.15) is 0 Å². The maximum atomic E-state index is 12.1. The maximum Gasteiger partial charge on any atom is 0.307 e. The number of benzene rings is 2. The maximum absolute atomic E-state index is 12.1. The summed E-state index contributed by atoms with van der Waals surface area (Å²) < 4.78 is 0.636. The molecule has 21 heavy (non-hydrogen) atoms. The van der Waals surface area contributed by atoms with Gasteiger partial charge in [0.25, 0.3) is 5.91 Å². The summed E-state index contributed by atoms with van der Waals surface area (Å²) in [6, 6.07) is 11.6. The lowest BCUT2D eigenvalue weighted by Crippen LogP contribution is -2.12. The molecule has 0 fully saturated rings. The van der Waals surface area contributed by atoms with Gasteiger partial charge in [-0.25, -0.2) is 0 Å². The molecule has 2 N–H and O–H groups in total. The molecule has 0 saturated heterocycles. The Balaban J connectivity index is 2.15. The second kappa shape index (κ2) is 6.74. The zero-order valence-corrected chi connectivity index (χ0v) is 13.1. The van der Waals surface area contributed by atoms with Gasteiger partial charge in [0.2, 0.25) is 0 Å². The first-order valence-electron chi connectivity index (χ1n) is 6.03. The van der Waals surface area contributed by atoms with Crippen molar-refractivity contribution >= 4 is 45.1 Å². The molecule has 0 atom stereocenters. The van der Waals surface area contributed by atoms with E-state index in [1.807, 2.05) is 0 Å². The van der Waals surface area contributed by atoms with E-state index in [1.165, 1.54) is 0 Å². The van der Waals surface area contributed by atoms with Crippen molar-refractivity contribution in [1.29, 1.82) is 0 Å². The van der Waals surface area contributed by atoms with E-state index >= 15 is 0 Å². The molecular formula is C15H11BrClNO3. The molecule has 108 valence electrons. The van der Waals surface area contributed by atoms with Crippen LogP contribution in [0.3, 0.4) is 0 Å². The Morgan fingerprint density at radius 2 is 1.95 bits per heavy atom. The van der Waals surface area contributed by atoms with Crippen LogP contribution >= 0.6 is 27.5 Å². The SMILES string of the molecule is O=C(O)Cc1cccc(NC(=O)c2ccc(Cl)c(Br)c2)c1.